The Morgan fingerprint density at radius 3 is 2.58 bits per heavy atom. The predicted octanol–water partition coefficient (Wildman–Crippen LogP) is 5.10. The van der Waals surface area contributed by atoms with Crippen molar-refractivity contribution in [1.29, 1.82) is 5.26 Å². The molecule has 4 saturated carbocycles. The lowest BCUT2D eigenvalue weighted by atomic mass is 9.49. The van der Waals surface area contributed by atoms with Crippen molar-refractivity contribution in [3.63, 3.8) is 0 Å². The second-order valence-corrected chi connectivity index (χ2v) is 11.6. The zero-order chi connectivity index (χ0) is 22.4. The van der Waals surface area contributed by atoms with Gasteiger partial charge in [-0.15, -0.1) is 0 Å². The van der Waals surface area contributed by atoms with Gasteiger partial charge in [-0.05, 0) is 99.7 Å². The summed E-state index contributed by atoms with van der Waals surface area (Å²) in [4.78, 5) is 15.2. The number of aliphatic hydroxyl groups is 1. The van der Waals surface area contributed by atoms with Crippen LogP contribution in [0.5, 0.6) is 0 Å². The van der Waals surface area contributed by atoms with Gasteiger partial charge in [0.25, 0.3) is 0 Å². The zero-order valence-corrected chi connectivity index (χ0v) is 19.6. The first-order valence-corrected chi connectivity index (χ1v) is 12.4. The largest absolute Gasteiger partial charge is 0.390 e. The maximum atomic E-state index is 13.3. The summed E-state index contributed by atoms with van der Waals surface area (Å²) in [6.45, 7) is 8.47. The van der Waals surface area contributed by atoms with Crippen LogP contribution in [0.4, 0.5) is 0 Å². The second-order valence-electron chi connectivity index (χ2n) is 11.6. The SMILES string of the molecule is C=C/C(C#N)=C\N(C)CC(=O)[C@H]1CC[C@H]2C3CC[C@@H]4C[C@](C)(O)CCC4[C@H]3CC[C@]12C. The van der Waals surface area contributed by atoms with Crippen molar-refractivity contribution < 1.29 is 9.90 Å². The van der Waals surface area contributed by atoms with Gasteiger partial charge in [0, 0.05) is 19.2 Å². The molecule has 0 aromatic heterocycles. The minimum absolute atomic E-state index is 0.131. The van der Waals surface area contributed by atoms with E-state index in [0.717, 1.165) is 37.0 Å². The molecular weight excluding hydrogens is 384 g/mol. The molecule has 0 saturated heterocycles. The first kappa shape index (κ1) is 22.6. The molecule has 0 aromatic carbocycles. The predicted molar refractivity (Wildman–Crippen MR) is 123 cm³/mol. The molecule has 4 aliphatic carbocycles. The van der Waals surface area contributed by atoms with E-state index in [9.17, 15) is 9.90 Å². The van der Waals surface area contributed by atoms with Crippen LogP contribution < -0.4 is 0 Å². The number of carbonyl (C=O) groups excluding carboxylic acids is 1. The monoisotopic (exact) mass is 424 g/mol. The van der Waals surface area contributed by atoms with Gasteiger partial charge in [-0.2, -0.15) is 5.26 Å². The number of nitrogens with zero attached hydrogens (tertiary/aromatic N) is 2. The number of hydrogen-bond donors (Lipinski definition) is 1. The smallest absolute Gasteiger partial charge is 0.155 e. The van der Waals surface area contributed by atoms with Gasteiger partial charge in [0.2, 0.25) is 0 Å². The molecule has 31 heavy (non-hydrogen) atoms. The molecule has 0 aliphatic heterocycles. The van der Waals surface area contributed by atoms with Crippen LogP contribution in [0.25, 0.3) is 0 Å². The molecule has 0 heterocycles. The van der Waals surface area contributed by atoms with E-state index in [4.69, 9.17) is 5.26 Å². The van der Waals surface area contributed by atoms with Crippen LogP contribution in [0.15, 0.2) is 24.4 Å². The van der Waals surface area contributed by atoms with Gasteiger partial charge in [0.05, 0.1) is 17.7 Å². The van der Waals surface area contributed by atoms with Crippen LogP contribution in [0, 0.1) is 52.3 Å². The highest BCUT2D eigenvalue weighted by atomic mass is 16.3. The Morgan fingerprint density at radius 2 is 1.87 bits per heavy atom. The van der Waals surface area contributed by atoms with Gasteiger partial charge in [-0.25, -0.2) is 0 Å². The highest BCUT2D eigenvalue weighted by Gasteiger charge is 2.58. The molecule has 1 N–H and O–H groups in total. The molecule has 0 spiro atoms. The van der Waals surface area contributed by atoms with E-state index >= 15 is 0 Å². The van der Waals surface area contributed by atoms with E-state index in [1.165, 1.54) is 44.6 Å². The number of fused-ring (bicyclic) bond motifs is 5. The molecule has 0 amide bonds. The number of nitriles is 1. The summed E-state index contributed by atoms with van der Waals surface area (Å²) in [7, 11) is 1.88. The summed E-state index contributed by atoms with van der Waals surface area (Å²) in [6.07, 6.45) is 13.6. The topological polar surface area (TPSA) is 64.3 Å². The first-order valence-electron chi connectivity index (χ1n) is 12.4. The summed E-state index contributed by atoms with van der Waals surface area (Å²) >= 11 is 0. The van der Waals surface area contributed by atoms with Crippen molar-refractivity contribution in [3.05, 3.63) is 24.4 Å². The zero-order valence-electron chi connectivity index (χ0n) is 19.6. The van der Waals surface area contributed by atoms with E-state index < -0.39 is 5.60 Å². The number of rotatable bonds is 5. The quantitative estimate of drug-likeness (QED) is 0.492. The van der Waals surface area contributed by atoms with Crippen LogP contribution in [0.1, 0.15) is 71.6 Å². The molecule has 4 fully saturated rings. The lowest BCUT2D eigenvalue weighted by Crippen LogP contribution is -2.51. The normalized spacial score (nSPS) is 44.4. The van der Waals surface area contributed by atoms with Crippen molar-refractivity contribution in [3.8, 4) is 6.07 Å². The standard InChI is InChI=1S/C27H40N2O2/c1-5-18(15-28)16-29(4)17-25(30)24-9-8-23-22-7-6-19-14-26(2,31)12-10-20(19)21(22)11-13-27(23,24)3/h5,16,19-24,31H,1,6-14,17H2,2-4H3/b18-16+/t19-,20?,21-,22?,23+,24-,26-,27+/m1/s1. The maximum absolute atomic E-state index is 13.3. The number of likely N-dealkylation sites (N-methyl/N-ethyl adjacent to an activating group) is 1. The third kappa shape index (κ3) is 4.11. The molecular formula is C27H40N2O2. The summed E-state index contributed by atoms with van der Waals surface area (Å²) in [5.41, 5.74) is 0.167. The molecule has 0 radical (unpaired) electrons. The van der Waals surface area contributed by atoms with Crippen LogP contribution >= 0.6 is 0 Å². The lowest BCUT2D eigenvalue weighted by Gasteiger charge is -2.56. The Bertz CT molecular complexity index is 794. The molecule has 4 heteroatoms. The fraction of sp³-hybridized carbons (Fsp3) is 0.778. The minimum atomic E-state index is -0.459. The Labute approximate surface area is 188 Å². The fourth-order valence-corrected chi connectivity index (χ4v) is 8.38. The molecule has 4 rings (SSSR count). The van der Waals surface area contributed by atoms with Gasteiger partial charge in [0.1, 0.15) is 6.07 Å². The third-order valence-electron chi connectivity index (χ3n) is 9.74. The average molecular weight is 425 g/mol. The first-order chi connectivity index (χ1) is 14.7. The number of ketones is 1. The third-order valence-corrected chi connectivity index (χ3v) is 9.74. The Hall–Kier alpha value is -1.60. The van der Waals surface area contributed by atoms with E-state index in [1.807, 2.05) is 18.9 Å². The van der Waals surface area contributed by atoms with E-state index in [1.54, 1.807) is 6.20 Å². The summed E-state index contributed by atoms with van der Waals surface area (Å²) in [5, 5.41) is 19.7. The molecule has 170 valence electrons. The summed E-state index contributed by atoms with van der Waals surface area (Å²) < 4.78 is 0. The van der Waals surface area contributed by atoms with Crippen LogP contribution in [-0.2, 0) is 4.79 Å². The molecule has 8 atom stereocenters. The number of allylic oxidation sites excluding steroid dienone is 2. The van der Waals surface area contributed by atoms with E-state index in [2.05, 4.69) is 19.6 Å². The highest BCUT2D eigenvalue weighted by Crippen LogP contribution is 2.64. The summed E-state index contributed by atoms with van der Waals surface area (Å²) in [5.74, 6) is 4.22. The van der Waals surface area contributed by atoms with Crippen LogP contribution in [-0.4, -0.2) is 35.0 Å². The number of Topliss-reactive ketones (excluding diaryl/α,β-unsaturated/α-hetero) is 1. The maximum Gasteiger partial charge on any atom is 0.155 e. The van der Waals surface area contributed by atoms with Gasteiger partial charge in [-0.3, -0.25) is 4.79 Å². The van der Waals surface area contributed by atoms with E-state index in [-0.39, 0.29) is 11.3 Å². The second kappa shape index (κ2) is 8.39. The van der Waals surface area contributed by atoms with Gasteiger partial charge in [-0.1, -0.05) is 19.6 Å². The van der Waals surface area contributed by atoms with Crippen molar-refractivity contribution in [2.45, 2.75) is 77.2 Å². The van der Waals surface area contributed by atoms with E-state index in [0.29, 0.717) is 29.7 Å². The number of hydrogen-bond acceptors (Lipinski definition) is 4. The molecule has 4 aliphatic rings. The Balaban J connectivity index is 1.45. The Kier molecular flexibility index (Phi) is 6.12. The van der Waals surface area contributed by atoms with Crippen LogP contribution in [0.3, 0.4) is 0 Å². The lowest BCUT2D eigenvalue weighted by molar-refractivity contribution is -0.132. The average Bonchev–Trinajstić information content (AvgIpc) is 3.08. The van der Waals surface area contributed by atoms with Crippen LogP contribution in [0.2, 0.25) is 0 Å². The minimum Gasteiger partial charge on any atom is -0.390 e. The highest BCUT2D eigenvalue weighted by molar-refractivity contribution is 5.84. The van der Waals surface area contributed by atoms with Crippen molar-refractivity contribution >= 4 is 5.78 Å². The van der Waals surface area contributed by atoms with Gasteiger partial charge >= 0.3 is 0 Å². The van der Waals surface area contributed by atoms with Gasteiger partial charge in [0.15, 0.2) is 5.78 Å². The Morgan fingerprint density at radius 1 is 1.13 bits per heavy atom. The van der Waals surface area contributed by atoms with Crippen molar-refractivity contribution in [2.24, 2.45) is 40.9 Å². The van der Waals surface area contributed by atoms with Gasteiger partial charge < -0.3 is 10.0 Å². The molecule has 4 nitrogen and oxygen atoms in total. The number of carbonyl (C=O) groups is 1. The van der Waals surface area contributed by atoms with Crippen molar-refractivity contribution in [2.75, 3.05) is 13.6 Å². The molecule has 0 bridgehead atoms. The van der Waals surface area contributed by atoms with Crippen molar-refractivity contribution in [1.82, 2.24) is 4.90 Å². The summed E-state index contributed by atoms with van der Waals surface area (Å²) in [6, 6.07) is 2.11. The molecule has 2 unspecified atom stereocenters. The fourth-order valence-electron chi connectivity index (χ4n) is 8.38. The molecule has 0 aromatic rings.